The van der Waals surface area contributed by atoms with E-state index in [2.05, 4.69) is 0 Å². The maximum atomic E-state index is 13.0. The fourth-order valence-electron chi connectivity index (χ4n) is 3.41. The van der Waals surface area contributed by atoms with Gasteiger partial charge < -0.3 is 15.6 Å². The summed E-state index contributed by atoms with van der Waals surface area (Å²) in [6, 6.07) is 13.0. The number of hydrogen-bond donors (Lipinski definition) is 2. The lowest BCUT2D eigenvalue weighted by Crippen LogP contribution is -2.48. The Morgan fingerprint density at radius 1 is 1.24 bits per heavy atom. The van der Waals surface area contributed by atoms with E-state index in [1.807, 2.05) is 24.1 Å². The van der Waals surface area contributed by atoms with E-state index in [0.29, 0.717) is 23.7 Å². The number of ether oxygens (including phenoxy) is 1. The highest BCUT2D eigenvalue weighted by molar-refractivity contribution is 6.32. The summed E-state index contributed by atoms with van der Waals surface area (Å²) in [5, 5.41) is 11.2. The normalized spacial score (nSPS) is 26.2. The van der Waals surface area contributed by atoms with Crippen LogP contribution in [0.25, 0.3) is 0 Å². The Labute approximate surface area is 152 Å². The summed E-state index contributed by atoms with van der Waals surface area (Å²) >= 11 is 6.13. The third-order valence-corrected chi connectivity index (χ3v) is 4.96. The van der Waals surface area contributed by atoms with Gasteiger partial charge in [-0.15, -0.1) is 0 Å². The Kier molecular flexibility index (Phi) is 5.59. The monoisotopic (exact) mass is 364 g/mol. The average molecular weight is 365 g/mol. The number of benzene rings is 2. The van der Waals surface area contributed by atoms with Crippen LogP contribution in [-0.4, -0.2) is 41.3 Å². The van der Waals surface area contributed by atoms with Crippen LogP contribution in [0.5, 0.6) is 5.75 Å². The molecular formula is C19H22ClFN2O2. The summed E-state index contributed by atoms with van der Waals surface area (Å²) < 4.78 is 18.9. The molecule has 1 aliphatic rings. The highest BCUT2D eigenvalue weighted by Crippen LogP contribution is 2.31. The maximum absolute atomic E-state index is 13.0. The van der Waals surface area contributed by atoms with Crippen LogP contribution in [0.15, 0.2) is 48.5 Å². The zero-order valence-corrected chi connectivity index (χ0v) is 14.7. The SMILES string of the molecule is CN(Cc1ccc(F)cc1)[C@@H]1[C@@H](O)[C@H](Oc2ccccc2Cl)C[C@H]1N. The van der Waals surface area contributed by atoms with Gasteiger partial charge in [-0.2, -0.15) is 0 Å². The first kappa shape index (κ1) is 18.1. The molecule has 0 radical (unpaired) electrons. The number of nitrogens with two attached hydrogens (primary N) is 1. The topological polar surface area (TPSA) is 58.7 Å². The lowest BCUT2D eigenvalue weighted by Gasteiger charge is -2.30. The molecule has 0 saturated heterocycles. The number of hydrogen-bond acceptors (Lipinski definition) is 4. The molecular weight excluding hydrogens is 343 g/mol. The number of nitrogens with zero attached hydrogens (tertiary/aromatic N) is 1. The van der Waals surface area contributed by atoms with E-state index in [-0.39, 0.29) is 17.9 Å². The van der Waals surface area contributed by atoms with Crippen molar-refractivity contribution in [1.29, 1.82) is 0 Å². The Bertz CT molecular complexity index is 713. The Hall–Kier alpha value is -1.66. The van der Waals surface area contributed by atoms with Gasteiger partial charge in [0.2, 0.25) is 0 Å². The van der Waals surface area contributed by atoms with Gasteiger partial charge in [0, 0.05) is 19.0 Å². The number of rotatable bonds is 5. The third kappa shape index (κ3) is 4.12. The molecule has 0 bridgehead atoms. The number of aliphatic hydroxyl groups excluding tert-OH is 1. The molecule has 0 unspecified atom stereocenters. The smallest absolute Gasteiger partial charge is 0.138 e. The first-order valence-electron chi connectivity index (χ1n) is 8.25. The summed E-state index contributed by atoms with van der Waals surface area (Å²) in [4.78, 5) is 1.98. The first-order chi connectivity index (χ1) is 12.0. The van der Waals surface area contributed by atoms with Gasteiger partial charge in [0.05, 0.1) is 11.1 Å². The molecule has 2 aromatic carbocycles. The van der Waals surface area contributed by atoms with Gasteiger partial charge in [0.25, 0.3) is 0 Å². The average Bonchev–Trinajstić information content (AvgIpc) is 2.86. The van der Waals surface area contributed by atoms with Gasteiger partial charge in [0.15, 0.2) is 0 Å². The molecule has 0 amide bonds. The quantitative estimate of drug-likeness (QED) is 0.856. The molecule has 0 aromatic heterocycles. The van der Waals surface area contributed by atoms with E-state index in [0.717, 1.165) is 5.56 Å². The van der Waals surface area contributed by atoms with E-state index in [1.54, 1.807) is 24.3 Å². The molecule has 6 heteroatoms. The predicted molar refractivity (Wildman–Crippen MR) is 96.1 cm³/mol. The van der Waals surface area contributed by atoms with E-state index >= 15 is 0 Å². The largest absolute Gasteiger partial charge is 0.486 e. The maximum Gasteiger partial charge on any atom is 0.138 e. The fourth-order valence-corrected chi connectivity index (χ4v) is 3.59. The van der Waals surface area contributed by atoms with Crippen LogP contribution < -0.4 is 10.5 Å². The van der Waals surface area contributed by atoms with Crippen molar-refractivity contribution in [3.05, 3.63) is 64.9 Å². The van der Waals surface area contributed by atoms with Crippen LogP contribution in [0, 0.1) is 5.82 Å². The minimum Gasteiger partial charge on any atom is -0.486 e. The van der Waals surface area contributed by atoms with Crippen LogP contribution in [0.4, 0.5) is 4.39 Å². The zero-order valence-electron chi connectivity index (χ0n) is 14.0. The number of likely N-dealkylation sites (N-methyl/N-ethyl adjacent to an activating group) is 1. The minimum atomic E-state index is -0.739. The summed E-state index contributed by atoms with van der Waals surface area (Å²) in [7, 11) is 1.90. The summed E-state index contributed by atoms with van der Waals surface area (Å²) in [5.41, 5.74) is 7.21. The van der Waals surface area contributed by atoms with Gasteiger partial charge in [-0.3, -0.25) is 4.90 Å². The number of aliphatic hydroxyl groups is 1. The molecule has 0 spiro atoms. The Balaban J connectivity index is 1.68. The van der Waals surface area contributed by atoms with Crippen LogP contribution >= 0.6 is 11.6 Å². The second-order valence-corrected chi connectivity index (χ2v) is 6.92. The van der Waals surface area contributed by atoms with Crippen molar-refractivity contribution in [3.8, 4) is 5.75 Å². The highest BCUT2D eigenvalue weighted by atomic mass is 35.5. The molecule has 4 nitrogen and oxygen atoms in total. The van der Waals surface area contributed by atoms with Crippen molar-refractivity contribution in [2.45, 2.75) is 37.3 Å². The lowest BCUT2D eigenvalue weighted by molar-refractivity contribution is 0.0138. The second kappa shape index (κ2) is 7.70. The number of para-hydroxylation sites is 1. The van der Waals surface area contributed by atoms with Crippen molar-refractivity contribution in [1.82, 2.24) is 4.90 Å². The van der Waals surface area contributed by atoms with Crippen molar-refractivity contribution >= 4 is 11.6 Å². The zero-order chi connectivity index (χ0) is 18.0. The van der Waals surface area contributed by atoms with Crippen molar-refractivity contribution < 1.29 is 14.2 Å². The molecule has 1 aliphatic carbocycles. The fraction of sp³-hybridized carbons (Fsp3) is 0.368. The molecule has 0 aliphatic heterocycles. The van der Waals surface area contributed by atoms with E-state index in [9.17, 15) is 9.50 Å². The Morgan fingerprint density at radius 3 is 2.60 bits per heavy atom. The lowest BCUT2D eigenvalue weighted by atomic mass is 10.1. The first-order valence-corrected chi connectivity index (χ1v) is 8.63. The van der Waals surface area contributed by atoms with E-state index in [4.69, 9.17) is 22.1 Å². The molecule has 2 aromatic rings. The molecule has 1 fully saturated rings. The summed E-state index contributed by atoms with van der Waals surface area (Å²) in [5.74, 6) is 0.277. The molecule has 4 atom stereocenters. The van der Waals surface area contributed by atoms with Crippen LogP contribution in [-0.2, 0) is 6.54 Å². The molecule has 0 heterocycles. The van der Waals surface area contributed by atoms with Crippen LogP contribution in [0.2, 0.25) is 5.02 Å². The predicted octanol–water partition coefficient (Wildman–Crippen LogP) is 2.82. The summed E-state index contributed by atoms with van der Waals surface area (Å²) in [6.45, 7) is 0.564. The van der Waals surface area contributed by atoms with Gasteiger partial charge in [-0.25, -0.2) is 4.39 Å². The van der Waals surface area contributed by atoms with Crippen LogP contribution in [0.1, 0.15) is 12.0 Å². The minimum absolute atomic E-state index is 0.229. The molecule has 1 saturated carbocycles. The van der Waals surface area contributed by atoms with Gasteiger partial charge in [-0.1, -0.05) is 35.9 Å². The third-order valence-electron chi connectivity index (χ3n) is 4.64. The standard InChI is InChI=1S/C19H22ClFN2O2/c1-23(11-12-6-8-13(21)9-7-12)18-15(22)10-17(19(18)24)25-16-5-3-2-4-14(16)20/h2-9,15,17-19,24H,10-11,22H2,1H3/t15-,17-,18+,19+/m1/s1. The second-order valence-electron chi connectivity index (χ2n) is 6.51. The number of halogens is 2. The Morgan fingerprint density at radius 2 is 1.92 bits per heavy atom. The van der Waals surface area contributed by atoms with E-state index in [1.165, 1.54) is 12.1 Å². The van der Waals surface area contributed by atoms with Crippen molar-refractivity contribution in [3.63, 3.8) is 0 Å². The molecule has 3 N–H and O–H groups in total. The van der Waals surface area contributed by atoms with Gasteiger partial charge in [-0.05, 0) is 36.9 Å². The van der Waals surface area contributed by atoms with Crippen LogP contribution in [0.3, 0.4) is 0 Å². The van der Waals surface area contributed by atoms with Gasteiger partial charge in [0.1, 0.15) is 23.8 Å². The molecule has 25 heavy (non-hydrogen) atoms. The van der Waals surface area contributed by atoms with Crippen molar-refractivity contribution in [2.24, 2.45) is 5.73 Å². The highest BCUT2D eigenvalue weighted by Gasteiger charge is 2.44. The molecule has 3 rings (SSSR count). The van der Waals surface area contributed by atoms with Crippen molar-refractivity contribution in [2.75, 3.05) is 7.05 Å². The van der Waals surface area contributed by atoms with Gasteiger partial charge >= 0.3 is 0 Å². The summed E-state index contributed by atoms with van der Waals surface area (Å²) in [6.07, 6.45) is -0.627. The molecule has 134 valence electrons. The van der Waals surface area contributed by atoms with E-state index < -0.39 is 12.2 Å².